The van der Waals surface area contributed by atoms with Crippen LogP contribution in [0.4, 0.5) is 0 Å². The van der Waals surface area contributed by atoms with Gasteiger partial charge in [0.15, 0.2) is 6.29 Å². The number of fused-ring (bicyclic) bond motifs is 1. The Labute approximate surface area is 151 Å². The van der Waals surface area contributed by atoms with Gasteiger partial charge in [-0.25, -0.2) is 0 Å². The number of para-hydroxylation sites is 1. The van der Waals surface area contributed by atoms with Gasteiger partial charge < -0.3 is 4.57 Å². The Morgan fingerprint density at radius 2 is 1.65 bits per heavy atom. The van der Waals surface area contributed by atoms with E-state index in [1.54, 1.807) is 0 Å². The van der Waals surface area contributed by atoms with E-state index in [2.05, 4.69) is 22.8 Å². The van der Waals surface area contributed by atoms with E-state index in [4.69, 9.17) is 0 Å². The van der Waals surface area contributed by atoms with Crippen molar-refractivity contribution in [3.8, 4) is 17.2 Å². The largest absolute Gasteiger partial charge is 0.342 e. The van der Waals surface area contributed by atoms with Crippen LogP contribution in [0.5, 0.6) is 0 Å². The summed E-state index contributed by atoms with van der Waals surface area (Å²) in [5.41, 5.74) is 5.54. The van der Waals surface area contributed by atoms with Gasteiger partial charge in [-0.2, -0.15) is 5.26 Å². The molecule has 0 unspecified atom stereocenters. The number of hydrogen-bond acceptors (Lipinski definition) is 2. The van der Waals surface area contributed by atoms with E-state index in [1.807, 2.05) is 66.9 Å². The molecule has 0 aliphatic heterocycles. The van der Waals surface area contributed by atoms with Crippen molar-refractivity contribution < 1.29 is 4.79 Å². The van der Waals surface area contributed by atoms with Crippen LogP contribution in [0.1, 0.15) is 21.5 Å². The third-order valence-corrected chi connectivity index (χ3v) is 4.61. The number of aromatic nitrogens is 1. The maximum atomic E-state index is 11.3. The van der Waals surface area contributed by atoms with Crippen LogP contribution in [0.25, 0.3) is 22.0 Å². The first-order valence-corrected chi connectivity index (χ1v) is 8.41. The van der Waals surface area contributed by atoms with E-state index in [1.165, 1.54) is 0 Å². The zero-order valence-corrected chi connectivity index (χ0v) is 14.1. The van der Waals surface area contributed by atoms with E-state index < -0.39 is 0 Å². The van der Waals surface area contributed by atoms with E-state index in [0.29, 0.717) is 17.7 Å². The van der Waals surface area contributed by atoms with Crippen LogP contribution in [0.2, 0.25) is 0 Å². The molecule has 0 atom stereocenters. The third kappa shape index (κ3) is 2.78. The van der Waals surface area contributed by atoms with Crippen LogP contribution in [0.3, 0.4) is 0 Å². The molecule has 0 amide bonds. The molecule has 0 spiro atoms. The molecule has 0 bridgehead atoms. The molecule has 0 saturated carbocycles. The topological polar surface area (TPSA) is 45.8 Å². The minimum Gasteiger partial charge on any atom is -0.342 e. The van der Waals surface area contributed by atoms with Crippen molar-refractivity contribution in [3.63, 3.8) is 0 Å². The molecule has 0 N–H and O–H groups in total. The van der Waals surface area contributed by atoms with E-state index in [0.717, 1.165) is 33.9 Å². The van der Waals surface area contributed by atoms with Crippen LogP contribution in [0.15, 0.2) is 79.0 Å². The molecule has 3 nitrogen and oxygen atoms in total. The summed E-state index contributed by atoms with van der Waals surface area (Å²) >= 11 is 0. The molecule has 4 rings (SSSR count). The second-order valence-electron chi connectivity index (χ2n) is 6.20. The summed E-state index contributed by atoms with van der Waals surface area (Å²) in [6.07, 6.45) is 2.80. The average Bonchev–Trinajstić information content (AvgIpc) is 3.06. The number of benzene rings is 3. The predicted octanol–water partition coefficient (Wildman–Crippen LogP) is 5.04. The Morgan fingerprint density at radius 3 is 2.42 bits per heavy atom. The molecular formula is C23H16N2O. The van der Waals surface area contributed by atoms with Gasteiger partial charge in [-0.05, 0) is 28.8 Å². The number of rotatable bonds is 4. The van der Waals surface area contributed by atoms with E-state index >= 15 is 0 Å². The van der Waals surface area contributed by atoms with E-state index in [9.17, 15) is 10.1 Å². The van der Waals surface area contributed by atoms with Crippen LogP contribution < -0.4 is 0 Å². The third-order valence-electron chi connectivity index (χ3n) is 4.61. The number of nitriles is 1. The highest BCUT2D eigenvalue weighted by Gasteiger charge is 2.08. The van der Waals surface area contributed by atoms with Gasteiger partial charge in [-0.1, -0.05) is 60.7 Å². The van der Waals surface area contributed by atoms with Gasteiger partial charge in [0, 0.05) is 29.2 Å². The summed E-state index contributed by atoms with van der Waals surface area (Å²) in [4.78, 5) is 11.3. The zero-order valence-electron chi connectivity index (χ0n) is 14.1. The lowest BCUT2D eigenvalue weighted by atomic mass is 9.99. The van der Waals surface area contributed by atoms with Crippen molar-refractivity contribution in [2.45, 2.75) is 6.54 Å². The standard InChI is InChI=1S/C23H16N2O/c24-13-19-5-1-2-6-21(19)18-11-9-17(10-12-18)14-25-15-20(16-26)22-7-3-4-8-23(22)25/h1-12,15-16H,14H2. The Bertz CT molecular complexity index is 1130. The molecule has 0 aliphatic rings. The highest BCUT2D eigenvalue weighted by molar-refractivity contribution is 5.97. The second-order valence-corrected chi connectivity index (χ2v) is 6.20. The lowest BCUT2D eigenvalue weighted by molar-refractivity contribution is 0.112. The molecule has 3 aromatic carbocycles. The van der Waals surface area contributed by atoms with Gasteiger partial charge >= 0.3 is 0 Å². The van der Waals surface area contributed by atoms with Crippen molar-refractivity contribution in [3.05, 3.63) is 95.7 Å². The average molecular weight is 336 g/mol. The summed E-state index contributed by atoms with van der Waals surface area (Å²) in [6, 6.07) is 26.0. The van der Waals surface area contributed by atoms with Crippen molar-refractivity contribution in [1.29, 1.82) is 5.26 Å². The van der Waals surface area contributed by atoms with Gasteiger partial charge in [0.2, 0.25) is 0 Å². The fourth-order valence-electron chi connectivity index (χ4n) is 3.32. The first-order chi connectivity index (χ1) is 12.8. The molecule has 0 radical (unpaired) electrons. The van der Waals surface area contributed by atoms with Crippen molar-refractivity contribution >= 4 is 17.2 Å². The first-order valence-electron chi connectivity index (χ1n) is 8.41. The van der Waals surface area contributed by atoms with E-state index in [-0.39, 0.29) is 0 Å². The fourth-order valence-corrected chi connectivity index (χ4v) is 3.32. The fraction of sp³-hybridized carbons (Fsp3) is 0.0435. The van der Waals surface area contributed by atoms with Crippen LogP contribution in [-0.2, 0) is 6.54 Å². The van der Waals surface area contributed by atoms with Crippen LogP contribution in [0, 0.1) is 11.3 Å². The molecule has 124 valence electrons. The van der Waals surface area contributed by atoms with Crippen LogP contribution in [-0.4, -0.2) is 10.9 Å². The van der Waals surface area contributed by atoms with Gasteiger partial charge in [-0.3, -0.25) is 4.79 Å². The van der Waals surface area contributed by atoms with Crippen LogP contribution >= 0.6 is 0 Å². The Balaban J connectivity index is 1.67. The molecule has 0 saturated heterocycles. The summed E-state index contributed by atoms with van der Waals surface area (Å²) < 4.78 is 2.09. The summed E-state index contributed by atoms with van der Waals surface area (Å²) in [5.74, 6) is 0. The van der Waals surface area contributed by atoms with Crippen molar-refractivity contribution in [2.24, 2.45) is 0 Å². The highest BCUT2D eigenvalue weighted by atomic mass is 16.1. The molecule has 0 aliphatic carbocycles. The molecule has 1 heterocycles. The number of carbonyl (C=O) groups is 1. The smallest absolute Gasteiger partial charge is 0.152 e. The number of hydrogen-bond donors (Lipinski definition) is 0. The maximum Gasteiger partial charge on any atom is 0.152 e. The van der Waals surface area contributed by atoms with Crippen molar-refractivity contribution in [2.75, 3.05) is 0 Å². The van der Waals surface area contributed by atoms with Gasteiger partial charge in [0.05, 0.1) is 11.6 Å². The molecule has 4 aromatic rings. The monoisotopic (exact) mass is 336 g/mol. The molecule has 26 heavy (non-hydrogen) atoms. The SMILES string of the molecule is N#Cc1ccccc1-c1ccc(Cn2cc(C=O)c3ccccc32)cc1. The Morgan fingerprint density at radius 1 is 0.923 bits per heavy atom. The van der Waals surface area contributed by atoms with Gasteiger partial charge in [0.1, 0.15) is 0 Å². The van der Waals surface area contributed by atoms with Gasteiger partial charge in [-0.15, -0.1) is 0 Å². The Kier molecular flexibility index (Phi) is 4.09. The minimum absolute atomic E-state index is 0.673. The summed E-state index contributed by atoms with van der Waals surface area (Å²) in [5, 5.41) is 10.2. The number of nitrogens with zero attached hydrogens (tertiary/aromatic N) is 2. The normalized spacial score (nSPS) is 10.6. The Hall–Kier alpha value is -3.64. The maximum absolute atomic E-state index is 11.3. The predicted molar refractivity (Wildman–Crippen MR) is 103 cm³/mol. The number of aldehydes is 1. The molecular weight excluding hydrogens is 320 g/mol. The second kappa shape index (κ2) is 6.70. The first kappa shape index (κ1) is 15.9. The summed E-state index contributed by atoms with van der Waals surface area (Å²) in [6.45, 7) is 0.689. The lowest BCUT2D eigenvalue weighted by Crippen LogP contribution is -1.97. The molecule has 1 aromatic heterocycles. The highest BCUT2D eigenvalue weighted by Crippen LogP contribution is 2.25. The minimum atomic E-state index is 0.673. The number of carbonyl (C=O) groups excluding carboxylic acids is 1. The van der Waals surface area contributed by atoms with Crippen molar-refractivity contribution in [1.82, 2.24) is 4.57 Å². The molecule has 0 fully saturated rings. The lowest BCUT2D eigenvalue weighted by Gasteiger charge is -2.08. The van der Waals surface area contributed by atoms with Gasteiger partial charge in [0.25, 0.3) is 0 Å². The summed E-state index contributed by atoms with van der Waals surface area (Å²) in [7, 11) is 0. The zero-order chi connectivity index (χ0) is 17.9. The molecule has 3 heteroatoms. The quantitative estimate of drug-likeness (QED) is 0.490.